The lowest BCUT2D eigenvalue weighted by atomic mass is 10.0. The third kappa shape index (κ3) is 8.38. The summed E-state index contributed by atoms with van der Waals surface area (Å²) in [6.45, 7) is 13.4. The molecule has 1 aliphatic heterocycles. The van der Waals surface area contributed by atoms with Gasteiger partial charge in [0, 0.05) is 54.7 Å². The molecule has 5 heterocycles. The normalized spacial score (nSPS) is 14.7. The van der Waals surface area contributed by atoms with Gasteiger partial charge in [-0.15, -0.1) is 10.2 Å². The van der Waals surface area contributed by atoms with Gasteiger partial charge in [-0.05, 0) is 76.6 Å². The van der Waals surface area contributed by atoms with Crippen molar-refractivity contribution in [3.05, 3.63) is 105 Å². The molecule has 0 saturated carbocycles. The van der Waals surface area contributed by atoms with Crippen LogP contribution in [0, 0.1) is 41.5 Å². The van der Waals surface area contributed by atoms with Crippen LogP contribution in [0.3, 0.4) is 0 Å². The zero-order chi connectivity index (χ0) is 37.2. The summed E-state index contributed by atoms with van der Waals surface area (Å²) in [6.07, 6.45) is 3.15. The van der Waals surface area contributed by atoms with E-state index in [0.717, 1.165) is 59.6 Å². The van der Waals surface area contributed by atoms with Crippen LogP contribution in [0.25, 0.3) is 11.6 Å². The number of hydrogen-bond donors (Lipinski definition) is 1. The van der Waals surface area contributed by atoms with Crippen molar-refractivity contribution in [3.8, 4) is 0 Å². The van der Waals surface area contributed by atoms with E-state index in [1.807, 2.05) is 32.6 Å². The standard InChI is InChI=1S/C39H44N10O2S2/c1-23-9-13-29(14-10-23)18-32-25(3)40-36-43-38(45-48(36)27(32)5)52-21-34(50)42-31-8-7-17-47(20-31)35(51)22-53-39-44-37-41-26(4)33(28(6)49(37)46-39)19-30-15-11-24(2)12-16-30/h9-16,31H,7-8,17-22H2,1-6H3,(H,42,50)/t31-/m0/s1. The average Bonchev–Trinajstić information content (AvgIpc) is 3.75. The van der Waals surface area contributed by atoms with Crippen molar-refractivity contribution in [2.45, 2.75) is 83.6 Å². The smallest absolute Gasteiger partial charge is 0.253 e. The Morgan fingerprint density at radius 1 is 0.698 bits per heavy atom. The van der Waals surface area contributed by atoms with E-state index in [4.69, 9.17) is 15.1 Å². The van der Waals surface area contributed by atoms with E-state index in [0.29, 0.717) is 35.0 Å². The van der Waals surface area contributed by atoms with E-state index in [1.54, 1.807) is 9.03 Å². The van der Waals surface area contributed by atoms with E-state index in [1.165, 1.54) is 45.8 Å². The van der Waals surface area contributed by atoms with Crippen molar-refractivity contribution in [3.63, 3.8) is 0 Å². The first-order valence-electron chi connectivity index (χ1n) is 17.9. The van der Waals surface area contributed by atoms with Crippen LogP contribution < -0.4 is 5.32 Å². The van der Waals surface area contributed by atoms with Gasteiger partial charge in [0.25, 0.3) is 11.6 Å². The second kappa shape index (κ2) is 15.7. The minimum atomic E-state index is -0.120. The highest BCUT2D eigenvalue weighted by Crippen LogP contribution is 2.24. The van der Waals surface area contributed by atoms with Crippen molar-refractivity contribution < 1.29 is 9.59 Å². The van der Waals surface area contributed by atoms with Gasteiger partial charge in [0.15, 0.2) is 0 Å². The highest BCUT2D eigenvalue weighted by molar-refractivity contribution is 8.00. The van der Waals surface area contributed by atoms with Gasteiger partial charge in [0.1, 0.15) is 0 Å². The lowest BCUT2D eigenvalue weighted by Crippen LogP contribution is -2.50. The third-order valence-electron chi connectivity index (χ3n) is 9.86. The molecule has 0 bridgehead atoms. The molecule has 53 heavy (non-hydrogen) atoms. The highest BCUT2D eigenvalue weighted by atomic mass is 32.2. The minimum absolute atomic E-state index is 0.00286. The molecule has 7 rings (SSSR count). The molecule has 1 N–H and O–H groups in total. The lowest BCUT2D eigenvalue weighted by molar-refractivity contribution is -0.130. The predicted octanol–water partition coefficient (Wildman–Crippen LogP) is 5.59. The summed E-state index contributed by atoms with van der Waals surface area (Å²) in [7, 11) is 0. The monoisotopic (exact) mass is 748 g/mol. The summed E-state index contributed by atoms with van der Waals surface area (Å²) in [4.78, 5) is 46.8. The first kappa shape index (κ1) is 36.5. The van der Waals surface area contributed by atoms with Gasteiger partial charge in [-0.3, -0.25) is 9.59 Å². The highest BCUT2D eigenvalue weighted by Gasteiger charge is 2.26. The number of amides is 2. The zero-order valence-corrected chi connectivity index (χ0v) is 32.6. The molecule has 1 atom stereocenters. The van der Waals surface area contributed by atoms with Crippen LogP contribution in [-0.2, 0) is 22.4 Å². The van der Waals surface area contributed by atoms with Crippen molar-refractivity contribution in [2.24, 2.45) is 0 Å². The van der Waals surface area contributed by atoms with E-state index >= 15 is 0 Å². The minimum Gasteiger partial charge on any atom is -0.351 e. The molecule has 12 nitrogen and oxygen atoms in total. The Hall–Kier alpha value is -4.82. The largest absolute Gasteiger partial charge is 0.351 e. The number of benzene rings is 2. The molecule has 0 spiro atoms. The van der Waals surface area contributed by atoms with Crippen LogP contribution in [0.5, 0.6) is 0 Å². The number of aryl methyl sites for hydroxylation is 6. The molecule has 6 aromatic rings. The number of carbonyl (C=O) groups excluding carboxylic acids is 2. The maximum absolute atomic E-state index is 13.3. The number of likely N-dealkylation sites (tertiary alicyclic amines) is 1. The predicted molar refractivity (Wildman–Crippen MR) is 208 cm³/mol. The van der Waals surface area contributed by atoms with E-state index in [2.05, 4.69) is 82.8 Å². The third-order valence-corrected chi connectivity index (χ3v) is 11.5. The van der Waals surface area contributed by atoms with Gasteiger partial charge in [-0.1, -0.05) is 83.2 Å². The summed E-state index contributed by atoms with van der Waals surface area (Å²) in [5.74, 6) is 1.32. The number of nitrogens with one attached hydrogen (secondary N) is 1. The Kier molecular flexibility index (Phi) is 10.8. The first-order chi connectivity index (χ1) is 25.5. The van der Waals surface area contributed by atoms with E-state index in [-0.39, 0.29) is 29.4 Å². The molecule has 4 aromatic heterocycles. The number of aromatic nitrogens is 8. The maximum atomic E-state index is 13.3. The Labute approximate surface area is 317 Å². The Balaban J connectivity index is 0.914. The number of rotatable bonds is 11. The van der Waals surface area contributed by atoms with Gasteiger partial charge in [-0.25, -0.2) is 19.0 Å². The Morgan fingerprint density at radius 2 is 1.19 bits per heavy atom. The van der Waals surface area contributed by atoms with Gasteiger partial charge in [0.05, 0.1) is 11.5 Å². The number of piperidine rings is 1. The quantitative estimate of drug-likeness (QED) is 0.167. The summed E-state index contributed by atoms with van der Waals surface area (Å²) < 4.78 is 3.54. The summed E-state index contributed by atoms with van der Waals surface area (Å²) in [5.41, 5.74) is 11.0. The lowest BCUT2D eigenvalue weighted by Gasteiger charge is -2.33. The van der Waals surface area contributed by atoms with Crippen LogP contribution in [0.4, 0.5) is 0 Å². The first-order valence-corrected chi connectivity index (χ1v) is 19.9. The van der Waals surface area contributed by atoms with Gasteiger partial charge in [-0.2, -0.15) is 9.97 Å². The second-order valence-electron chi connectivity index (χ2n) is 13.9. The van der Waals surface area contributed by atoms with Crippen LogP contribution in [0.2, 0.25) is 0 Å². The molecule has 1 saturated heterocycles. The van der Waals surface area contributed by atoms with E-state index < -0.39 is 0 Å². The fraction of sp³-hybridized carbons (Fsp3) is 0.385. The second-order valence-corrected chi connectivity index (χ2v) is 15.8. The molecule has 274 valence electrons. The number of thioether (sulfide) groups is 2. The van der Waals surface area contributed by atoms with Crippen LogP contribution in [0.1, 0.15) is 69.0 Å². The van der Waals surface area contributed by atoms with Crippen molar-refractivity contribution >= 4 is 46.9 Å². The fourth-order valence-corrected chi connectivity index (χ4v) is 8.12. The molecule has 2 aromatic carbocycles. The Bertz CT molecular complexity index is 2300. The van der Waals surface area contributed by atoms with Crippen LogP contribution in [0.15, 0.2) is 58.8 Å². The summed E-state index contributed by atoms with van der Waals surface area (Å²) in [6, 6.07) is 16.9. The van der Waals surface area contributed by atoms with Gasteiger partial charge < -0.3 is 10.2 Å². The zero-order valence-electron chi connectivity index (χ0n) is 31.0. The Morgan fingerprint density at radius 3 is 1.70 bits per heavy atom. The van der Waals surface area contributed by atoms with E-state index in [9.17, 15) is 9.59 Å². The molecular formula is C39H44N10O2S2. The van der Waals surface area contributed by atoms with Crippen molar-refractivity contribution in [2.75, 3.05) is 24.6 Å². The maximum Gasteiger partial charge on any atom is 0.253 e. The van der Waals surface area contributed by atoms with Crippen LogP contribution >= 0.6 is 23.5 Å². The summed E-state index contributed by atoms with van der Waals surface area (Å²) in [5, 5.41) is 13.5. The fourth-order valence-electron chi connectivity index (χ4n) is 6.77. The molecule has 0 radical (unpaired) electrons. The number of fused-ring (bicyclic) bond motifs is 2. The molecule has 2 amide bonds. The number of carbonyl (C=O) groups is 2. The summed E-state index contributed by atoms with van der Waals surface area (Å²) >= 11 is 2.60. The molecule has 14 heteroatoms. The van der Waals surface area contributed by atoms with Gasteiger partial charge in [0.2, 0.25) is 22.1 Å². The number of nitrogens with zero attached hydrogens (tertiary/aromatic N) is 9. The topological polar surface area (TPSA) is 136 Å². The number of hydrogen-bond acceptors (Lipinski definition) is 10. The molecule has 1 fully saturated rings. The molecule has 0 unspecified atom stereocenters. The molecule has 0 aliphatic carbocycles. The van der Waals surface area contributed by atoms with Gasteiger partial charge >= 0.3 is 0 Å². The molecular weight excluding hydrogens is 705 g/mol. The van der Waals surface area contributed by atoms with Crippen LogP contribution in [-0.4, -0.2) is 86.5 Å². The SMILES string of the molecule is Cc1ccc(Cc2c(C)nc3nc(SCC(=O)N[C@H]4CCCN(C(=O)CSc5nc6nc(C)c(Cc7ccc(C)cc7)c(C)n6n5)C4)nn3c2C)cc1. The average molecular weight is 749 g/mol. The van der Waals surface area contributed by atoms with Crippen molar-refractivity contribution in [1.29, 1.82) is 0 Å². The van der Waals surface area contributed by atoms with Crippen molar-refractivity contribution in [1.82, 2.24) is 49.4 Å². The molecule has 1 aliphatic rings.